The molecular formula is C16H20FNO. The molecule has 0 unspecified atom stereocenters. The molecule has 0 spiro atoms. The molecule has 0 bridgehead atoms. The first-order valence-corrected chi connectivity index (χ1v) is 7.06. The van der Waals surface area contributed by atoms with Gasteiger partial charge in [-0.1, -0.05) is 13.8 Å². The SMILES string of the molecule is CC(C)CNCc1oc2ccc(F)cc2c1C1CC1. The van der Waals surface area contributed by atoms with Gasteiger partial charge in [0.1, 0.15) is 17.2 Å². The van der Waals surface area contributed by atoms with Gasteiger partial charge in [0, 0.05) is 10.9 Å². The third kappa shape index (κ3) is 2.66. The van der Waals surface area contributed by atoms with E-state index in [0.717, 1.165) is 29.8 Å². The molecule has 1 aliphatic carbocycles. The Kier molecular flexibility index (Phi) is 3.31. The molecule has 0 amide bonds. The largest absolute Gasteiger partial charge is 0.459 e. The third-order valence-electron chi connectivity index (χ3n) is 3.59. The Hall–Kier alpha value is -1.35. The van der Waals surface area contributed by atoms with Crippen LogP contribution in [0.15, 0.2) is 22.6 Å². The molecule has 1 fully saturated rings. The van der Waals surface area contributed by atoms with Gasteiger partial charge < -0.3 is 9.73 Å². The number of fused-ring (bicyclic) bond motifs is 1. The van der Waals surface area contributed by atoms with Crippen LogP contribution in [-0.2, 0) is 6.54 Å². The predicted octanol–water partition coefficient (Wildman–Crippen LogP) is 4.19. The van der Waals surface area contributed by atoms with Crippen LogP contribution in [0.3, 0.4) is 0 Å². The van der Waals surface area contributed by atoms with Crippen molar-refractivity contribution in [2.45, 2.75) is 39.2 Å². The Bertz CT molecular complexity index is 584. The lowest BCUT2D eigenvalue weighted by Gasteiger charge is -2.06. The molecule has 3 rings (SSSR count). The minimum atomic E-state index is -0.183. The van der Waals surface area contributed by atoms with Gasteiger partial charge in [0.15, 0.2) is 0 Å². The van der Waals surface area contributed by atoms with Gasteiger partial charge in [0.2, 0.25) is 0 Å². The van der Waals surface area contributed by atoms with E-state index in [1.165, 1.54) is 24.5 Å². The van der Waals surface area contributed by atoms with E-state index in [1.54, 1.807) is 12.1 Å². The summed E-state index contributed by atoms with van der Waals surface area (Å²) in [6.07, 6.45) is 2.39. The van der Waals surface area contributed by atoms with E-state index in [4.69, 9.17) is 4.42 Å². The maximum Gasteiger partial charge on any atom is 0.134 e. The highest BCUT2D eigenvalue weighted by atomic mass is 19.1. The predicted molar refractivity (Wildman–Crippen MR) is 74.7 cm³/mol. The zero-order valence-corrected chi connectivity index (χ0v) is 11.5. The van der Waals surface area contributed by atoms with E-state index in [-0.39, 0.29) is 5.82 Å². The number of hydrogen-bond donors (Lipinski definition) is 1. The summed E-state index contributed by atoms with van der Waals surface area (Å²) in [6, 6.07) is 4.81. The van der Waals surface area contributed by atoms with Crippen molar-refractivity contribution in [1.82, 2.24) is 5.32 Å². The Morgan fingerprint density at radius 2 is 2.16 bits per heavy atom. The second-order valence-corrected chi connectivity index (χ2v) is 5.88. The Labute approximate surface area is 113 Å². The van der Waals surface area contributed by atoms with E-state index >= 15 is 0 Å². The van der Waals surface area contributed by atoms with Gasteiger partial charge in [0.05, 0.1) is 6.54 Å². The van der Waals surface area contributed by atoms with Crippen LogP contribution in [0.2, 0.25) is 0 Å². The first kappa shape index (κ1) is 12.7. The first-order chi connectivity index (χ1) is 9.15. The summed E-state index contributed by atoms with van der Waals surface area (Å²) in [5.41, 5.74) is 2.04. The molecule has 2 nitrogen and oxygen atoms in total. The summed E-state index contributed by atoms with van der Waals surface area (Å²) in [6.45, 7) is 6.07. The molecule has 1 heterocycles. The molecule has 3 heteroatoms. The Morgan fingerprint density at radius 3 is 2.84 bits per heavy atom. The lowest BCUT2D eigenvalue weighted by atomic mass is 10.1. The minimum Gasteiger partial charge on any atom is -0.459 e. The molecule has 0 saturated heterocycles. The van der Waals surface area contributed by atoms with E-state index in [1.807, 2.05) is 0 Å². The average molecular weight is 261 g/mol. The fraction of sp³-hybridized carbons (Fsp3) is 0.500. The molecular weight excluding hydrogens is 241 g/mol. The van der Waals surface area contributed by atoms with Gasteiger partial charge in [-0.25, -0.2) is 4.39 Å². The molecule has 1 aromatic carbocycles. The second-order valence-electron chi connectivity index (χ2n) is 5.88. The molecule has 19 heavy (non-hydrogen) atoms. The van der Waals surface area contributed by atoms with Crippen LogP contribution in [-0.4, -0.2) is 6.54 Å². The lowest BCUT2D eigenvalue weighted by Crippen LogP contribution is -2.19. The fourth-order valence-electron chi connectivity index (χ4n) is 2.56. The smallest absolute Gasteiger partial charge is 0.134 e. The van der Waals surface area contributed by atoms with Gasteiger partial charge in [0.25, 0.3) is 0 Å². The van der Waals surface area contributed by atoms with Crippen LogP contribution in [0.1, 0.15) is 43.9 Å². The lowest BCUT2D eigenvalue weighted by molar-refractivity contribution is 0.480. The van der Waals surface area contributed by atoms with E-state index < -0.39 is 0 Å². The number of nitrogens with one attached hydrogen (secondary N) is 1. The molecule has 102 valence electrons. The fourth-order valence-corrected chi connectivity index (χ4v) is 2.56. The normalized spacial score (nSPS) is 15.6. The Morgan fingerprint density at radius 1 is 1.37 bits per heavy atom. The second kappa shape index (κ2) is 4.97. The van der Waals surface area contributed by atoms with Crippen molar-refractivity contribution in [2.24, 2.45) is 5.92 Å². The van der Waals surface area contributed by atoms with Gasteiger partial charge in [-0.2, -0.15) is 0 Å². The van der Waals surface area contributed by atoms with Crippen LogP contribution in [0.5, 0.6) is 0 Å². The van der Waals surface area contributed by atoms with Gasteiger partial charge in [-0.15, -0.1) is 0 Å². The Balaban J connectivity index is 1.91. The molecule has 2 aromatic rings. The zero-order chi connectivity index (χ0) is 13.4. The van der Waals surface area contributed by atoms with Crippen LogP contribution in [0.25, 0.3) is 11.0 Å². The van der Waals surface area contributed by atoms with Gasteiger partial charge in [-0.3, -0.25) is 0 Å². The van der Waals surface area contributed by atoms with Crippen LogP contribution >= 0.6 is 0 Å². The topological polar surface area (TPSA) is 25.2 Å². The van der Waals surface area contributed by atoms with E-state index in [9.17, 15) is 4.39 Å². The third-order valence-corrected chi connectivity index (χ3v) is 3.59. The monoisotopic (exact) mass is 261 g/mol. The highest BCUT2D eigenvalue weighted by molar-refractivity contribution is 5.83. The summed E-state index contributed by atoms with van der Waals surface area (Å²) in [7, 11) is 0. The van der Waals surface area contributed by atoms with Crippen molar-refractivity contribution in [3.8, 4) is 0 Å². The van der Waals surface area contributed by atoms with Crippen LogP contribution in [0.4, 0.5) is 4.39 Å². The maximum absolute atomic E-state index is 13.4. The molecule has 0 aliphatic heterocycles. The summed E-state index contributed by atoms with van der Waals surface area (Å²) >= 11 is 0. The standard InChI is InChI=1S/C16H20FNO/c1-10(2)8-18-9-15-16(11-3-4-11)13-7-12(17)5-6-14(13)19-15/h5-7,10-11,18H,3-4,8-9H2,1-2H3. The molecule has 0 atom stereocenters. The number of rotatable bonds is 5. The van der Waals surface area contributed by atoms with Crippen molar-refractivity contribution < 1.29 is 8.81 Å². The van der Waals surface area contributed by atoms with Crippen molar-refractivity contribution in [3.05, 3.63) is 35.3 Å². The van der Waals surface area contributed by atoms with E-state index in [0.29, 0.717) is 11.8 Å². The van der Waals surface area contributed by atoms with Crippen molar-refractivity contribution >= 4 is 11.0 Å². The van der Waals surface area contributed by atoms with Gasteiger partial charge >= 0.3 is 0 Å². The number of halogens is 1. The summed E-state index contributed by atoms with van der Waals surface area (Å²) in [4.78, 5) is 0. The minimum absolute atomic E-state index is 0.183. The average Bonchev–Trinajstić information content (AvgIpc) is 3.11. The molecule has 1 aliphatic rings. The van der Waals surface area contributed by atoms with Crippen molar-refractivity contribution in [2.75, 3.05) is 6.54 Å². The van der Waals surface area contributed by atoms with Crippen LogP contribution in [0, 0.1) is 11.7 Å². The molecule has 1 saturated carbocycles. The molecule has 0 radical (unpaired) electrons. The van der Waals surface area contributed by atoms with Crippen LogP contribution < -0.4 is 5.32 Å². The molecule has 1 N–H and O–H groups in total. The highest BCUT2D eigenvalue weighted by Gasteiger charge is 2.30. The summed E-state index contributed by atoms with van der Waals surface area (Å²) < 4.78 is 19.3. The summed E-state index contributed by atoms with van der Waals surface area (Å²) in [5, 5.41) is 4.37. The van der Waals surface area contributed by atoms with Crippen molar-refractivity contribution in [1.29, 1.82) is 0 Å². The summed E-state index contributed by atoms with van der Waals surface area (Å²) in [5.74, 6) is 1.99. The van der Waals surface area contributed by atoms with Gasteiger partial charge in [-0.05, 0) is 49.4 Å². The van der Waals surface area contributed by atoms with Crippen molar-refractivity contribution in [3.63, 3.8) is 0 Å². The zero-order valence-electron chi connectivity index (χ0n) is 11.5. The number of benzene rings is 1. The first-order valence-electron chi connectivity index (χ1n) is 7.06. The quantitative estimate of drug-likeness (QED) is 0.872. The molecule has 1 aromatic heterocycles. The maximum atomic E-state index is 13.4. The number of hydrogen-bond acceptors (Lipinski definition) is 2. The number of furan rings is 1. The van der Waals surface area contributed by atoms with E-state index in [2.05, 4.69) is 19.2 Å². The highest BCUT2D eigenvalue weighted by Crippen LogP contribution is 2.46.